The molecule has 11 rings (SSSR count). The lowest BCUT2D eigenvalue weighted by atomic mass is 9.62. The van der Waals surface area contributed by atoms with Crippen LogP contribution >= 0.6 is 0 Å². The van der Waals surface area contributed by atoms with E-state index in [2.05, 4.69) is 156 Å². The highest BCUT2D eigenvalue weighted by Gasteiger charge is 2.50. The molecule has 1 spiro atoms. The Hall–Kier alpha value is -6.78. The third-order valence-corrected chi connectivity index (χ3v) is 11.1. The van der Waals surface area contributed by atoms with Crippen LogP contribution in [-0.2, 0) is 5.41 Å². The fourth-order valence-electron chi connectivity index (χ4n) is 8.86. The number of pyridine rings is 2. The highest BCUT2D eigenvalue weighted by atomic mass is 16.5. The van der Waals surface area contributed by atoms with Gasteiger partial charge in [-0.3, -0.25) is 9.97 Å². The Bertz CT molecular complexity index is 2660. The van der Waals surface area contributed by atoms with Gasteiger partial charge >= 0.3 is 0 Å². The molecular weight excluding hydrogens is 637 g/mol. The van der Waals surface area contributed by atoms with Crippen LogP contribution in [0.5, 0.6) is 23.0 Å². The van der Waals surface area contributed by atoms with Crippen LogP contribution < -0.4 is 9.47 Å². The van der Waals surface area contributed by atoms with Crippen molar-refractivity contribution in [2.45, 2.75) is 11.3 Å². The Morgan fingerprint density at radius 1 is 0.404 bits per heavy atom. The molecule has 2 aliphatic heterocycles. The molecule has 0 amide bonds. The third-order valence-electron chi connectivity index (χ3n) is 11.1. The molecule has 0 bridgehead atoms. The standard InChI is InChI=1S/C48H30N2O2/c1-2-13-36-35(12-1)38-29-50-24-22-37(38)47(36)33-19-21-42-46(27-33)52-44-17-6-4-15-40(44)48(42)39-14-3-5-16-43(39)51-45-26-32(18-20-41(45)48)30-9-7-10-31(25-30)34-11-8-23-49-28-34/h1-29,47H. The molecular formula is C48H30N2O2. The molecule has 0 saturated carbocycles. The van der Waals surface area contributed by atoms with E-state index >= 15 is 0 Å². The number of rotatable bonds is 3. The second-order valence-electron chi connectivity index (χ2n) is 13.7. The first-order chi connectivity index (χ1) is 25.8. The molecule has 2 aromatic heterocycles. The predicted molar refractivity (Wildman–Crippen MR) is 204 cm³/mol. The minimum Gasteiger partial charge on any atom is -0.457 e. The number of hydrogen-bond acceptors (Lipinski definition) is 4. The first-order valence-corrected chi connectivity index (χ1v) is 17.6. The highest BCUT2D eigenvalue weighted by molar-refractivity contribution is 5.82. The lowest BCUT2D eigenvalue weighted by molar-refractivity contribution is 0.399. The smallest absolute Gasteiger partial charge is 0.132 e. The van der Waals surface area contributed by atoms with Crippen LogP contribution in [0.2, 0.25) is 0 Å². The molecule has 1 aliphatic carbocycles. The molecule has 0 N–H and O–H groups in total. The van der Waals surface area contributed by atoms with Crippen LogP contribution in [0.4, 0.5) is 0 Å². The van der Waals surface area contributed by atoms with Gasteiger partial charge in [0.1, 0.15) is 23.0 Å². The van der Waals surface area contributed by atoms with E-state index in [0.29, 0.717) is 0 Å². The zero-order valence-electron chi connectivity index (χ0n) is 28.0. The summed E-state index contributed by atoms with van der Waals surface area (Å²) in [4.78, 5) is 8.83. The number of fused-ring (bicyclic) bond motifs is 11. The molecule has 52 heavy (non-hydrogen) atoms. The fraction of sp³-hybridized carbons (Fsp3) is 0.0417. The van der Waals surface area contributed by atoms with Gasteiger partial charge in [-0.1, -0.05) is 109 Å². The van der Waals surface area contributed by atoms with Gasteiger partial charge in [-0.05, 0) is 81.4 Å². The molecule has 3 aliphatic rings. The summed E-state index contributed by atoms with van der Waals surface area (Å²) in [6, 6.07) is 54.0. The van der Waals surface area contributed by atoms with Crippen molar-refractivity contribution in [1.82, 2.24) is 9.97 Å². The zero-order chi connectivity index (χ0) is 34.2. The topological polar surface area (TPSA) is 44.2 Å². The van der Waals surface area contributed by atoms with Crippen molar-refractivity contribution in [2.75, 3.05) is 0 Å². The molecule has 244 valence electrons. The SMILES string of the molecule is c1cncc(-c2cccc(-c3ccc4c(c3)Oc3ccccc3C43c4ccccc4Oc4cc(C5c6ccccc6-c6cnccc65)ccc43)c2)c1. The maximum absolute atomic E-state index is 6.90. The molecule has 2 atom stereocenters. The van der Waals surface area contributed by atoms with Crippen LogP contribution in [-0.4, -0.2) is 9.97 Å². The molecule has 4 heterocycles. The normalized spacial score (nSPS) is 17.0. The molecule has 4 nitrogen and oxygen atoms in total. The monoisotopic (exact) mass is 666 g/mol. The van der Waals surface area contributed by atoms with E-state index in [1.54, 1.807) is 6.20 Å². The summed E-state index contributed by atoms with van der Waals surface area (Å²) >= 11 is 0. The maximum atomic E-state index is 6.90. The largest absolute Gasteiger partial charge is 0.457 e. The van der Waals surface area contributed by atoms with Crippen LogP contribution in [0, 0.1) is 0 Å². The molecule has 0 saturated heterocycles. The van der Waals surface area contributed by atoms with E-state index in [-0.39, 0.29) is 5.92 Å². The van der Waals surface area contributed by atoms with E-state index in [9.17, 15) is 0 Å². The Morgan fingerprint density at radius 2 is 1.02 bits per heavy atom. The Balaban J connectivity index is 1.12. The molecule has 4 heteroatoms. The Labute approximate surface area is 301 Å². The second kappa shape index (κ2) is 11.1. The summed E-state index contributed by atoms with van der Waals surface area (Å²) in [5.41, 5.74) is 14.3. The van der Waals surface area contributed by atoms with E-state index in [1.807, 2.05) is 24.7 Å². The second-order valence-corrected chi connectivity index (χ2v) is 13.7. The summed E-state index contributed by atoms with van der Waals surface area (Å²) in [6.45, 7) is 0. The van der Waals surface area contributed by atoms with Crippen molar-refractivity contribution < 1.29 is 9.47 Å². The number of nitrogens with zero attached hydrogens (tertiary/aromatic N) is 2. The van der Waals surface area contributed by atoms with E-state index in [0.717, 1.165) is 67.5 Å². The van der Waals surface area contributed by atoms with Crippen LogP contribution in [0.15, 0.2) is 176 Å². The average molecular weight is 667 g/mol. The van der Waals surface area contributed by atoms with Crippen molar-refractivity contribution in [3.05, 3.63) is 215 Å². The molecule has 0 radical (unpaired) electrons. The van der Waals surface area contributed by atoms with Gasteiger partial charge in [0.05, 0.1) is 5.41 Å². The van der Waals surface area contributed by atoms with Gasteiger partial charge in [-0.2, -0.15) is 0 Å². The van der Waals surface area contributed by atoms with Gasteiger partial charge in [-0.15, -0.1) is 0 Å². The highest BCUT2D eigenvalue weighted by Crippen LogP contribution is 2.62. The number of benzene rings is 6. The summed E-state index contributed by atoms with van der Waals surface area (Å²) in [6.07, 6.45) is 7.60. The fourth-order valence-corrected chi connectivity index (χ4v) is 8.86. The van der Waals surface area contributed by atoms with Gasteiger partial charge in [-0.25, -0.2) is 0 Å². The number of aromatic nitrogens is 2. The van der Waals surface area contributed by atoms with Gasteiger partial charge < -0.3 is 9.47 Å². The van der Waals surface area contributed by atoms with Gasteiger partial charge in [0, 0.05) is 64.1 Å². The first kappa shape index (κ1) is 29.0. The van der Waals surface area contributed by atoms with Crippen molar-refractivity contribution in [3.8, 4) is 56.4 Å². The van der Waals surface area contributed by atoms with Gasteiger partial charge in [0.25, 0.3) is 0 Å². The van der Waals surface area contributed by atoms with E-state index in [4.69, 9.17) is 9.47 Å². The van der Waals surface area contributed by atoms with Crippen molar-refractivity contribution in [3.63, 3.8) is 0 Å². The third kappa shape index (κ3) is 4.09. The van der Waals surface area contributed by atoms with Crippen molar-refractivity contribution in [1.29, 1.82) is 0 Å². The maximum Gasteiger partial charge on any atom is 0.132 e. The minimum absolute atomic E-state index is 0.0791. The zero-order valence-corrected chi connectivity index (χ0v) is 28.0. The predicted octanol–water partition coefficient (Wildman–Crippen LogP) is 11.6. The first-order valence-electron chi connectivity index (χ1n) is 17.6. The van der Waals surface area contributed by atoms with Crippen molar-refractivity contribution >= 4 is 0 Å². The average Bonchev–Trinajstić information content (AvgIpc) is 3.55. The van der Waals surface area contributed by atoms with Gasteiger partial charge in [0.15, 0.2) is 0 Å². The molecule has 8 aromatic rings. The van der Waals surface area contributed by atoms with Crippen LogP contribution in [0.3, 0.4) is 0 Å². The molecule has 6 aromatic carbocycles. The summed E-state index contributed by atoms with van der Waals surface area (Å²) in [5, 5.41) is 0. The Morgan fingerprint density at radius 3 is 1.81 bits per heavy atom. The quantitative estimate of drug-likeness (QED) is 0.188. The number of para-hydroxylation sites is 2. The summed E-state index contributed by atoms with van der Waals surface area (Å²) in [7, 11) is 0. The number of ether oxygens (including phenoxy) is 2. The summed E-state index contributed by atoms with van der Waals surface area (Å²) < 4.78 is 13.7. The molecule has 2 unspecified atom stereocenters. The van der Waals surface area contributed by atoms with Crippen molar-refractivity contribution in [2.24, 2.45) is 0 Å². The lowest BCUT2D eigenvalue weighted by Gasteiger charge is -2.45. The van der Waals surface area contributed by atoms with Crippen LogP contribution in [0.25, 0.3) is 33.4 Å². The van der Waals surface area contributed by atoms with Crippen LogP contribution in [0.1, 0.15) is 44.9 Å². The van der Waals surface area contributed by atoms with Gasteiger partial charge in [0.2, 0.25) is 0 Å². The van der Waals surface area contributed by atoms with E-state index in [1.165, 1.54) is 27.8 Å². The van der Waals surface area contributed by atoms with E-state index < -0.39 is 5.41 Å². The minimum atomic E-state index is -0.668. The number of hydrogen-bond donors (Lipinski definition) is 0. The lowest BCUT2D eigenvalue weighted by Crippen LogP contribution is -2.36. The Kier molecular flexibility index (Phi) is 6.20. The summed E-state index contributed by atoms with van der Waals surface area (Å²) in [5.74, 6) is 3.46. The molecule has 0 fully saturated rings.